The van der Waals surface area contributed by atoms with Gasteiger partial charge in [0.15, 0.2) is 0 Å². The van der Waals surface area contributed by atoms with Gasteiger partial charge in [0.2, 0.25) is 10.0 Å². The van der Waals surface area contributed by atoms with Crippen molar-refractivity contribution in [2.45, 2.75) is 56.6 Å². The van der Waals surface area contributed by atoms with Crippen LogP contribution in [0.1, 0.15) is 34.1 Å². The summed E-state index contributed by atoms with van der Waals surface area (Å²) in [6.45, 7) is 7.73. The molecule has 0 aliphatic carbocycles. The first kappa shape index (κ1) is 19.4. The van der Waals surface area contributed by atoms with E-state index in [1.165, 1.54) is 12.1 Å². The number of sulfonamides is 1. The summed E-state index contributed by atoms with van der Waals surface area (Å²) in [4.78, 5) is 12.2. The predicted molar refractivity (Wildman–Crippen MR) is 95.2 cm³/mol. The number of halogens is 1. The maximum Gasteiger partial charge on any atom is 0.514 e. The minimum absolute atomic E-state index is 0.154. The predicted octanol–water partition coefficient (Wildman–Crippen LogP) is 3.18. The molecule has 0 radical (unpaired) electrons. The standard InChI is InChI=1S/C16H23BrN2O4S/c1-11-8-13(10-19(11,15(20)21)16(2,3)4)18-24(22,23)14-7-5-6-12(17)9-14/h5-7,9,11,13,18H,8,10H2,1-4H3/p+1/t11-,13+,19?/m0/s1. The lowest BCUT2D eigenvalue weighted by molar-refractivity contribution is -0.913. The monoisotopic (exact) mass is 419 g/mol. The van der Waals surface area contributed by atoms with Crippen molar-refractivity contribution in [1.82, 2.24) is 4.72 Å². The Balaban J connectivity index is 2.29. The summed E-state index contributed by atoms with van der Waals surface area (Å²) in [7, 11) is -3.69. The Bertz CT molecular complexity index is 745. The maximum atomic E-state index is 12.6. The van der Waals surface area contributed by atoms with Crippen LogP contribution in [0.5, 0.6) is 0 Å². The summed E-state index contributed by atoms with van der Waals surface area (Å²) in [6.07, 6.45) is -0.435. The van der Waals surface area contributed by atoms with Gasteiger partial charge in [-0.15, -0.1) is 0 Å². The van der Waals surface area contributed by atoms with E-state index < -0.39 is 27.7 Å². The molecule has 1 aliphatic heterocycles. The molecule has 1 aliphatic rings. The Hall–Kier alpha value is -0.960. The summed E-state index contributed by atoms with van der Waals surface area (Å²) < 4.78 is 28.4. The maximum absolute atomic E-state index is 12.6. The van der Waals surface area contributed by atoms with Gasteiger partial charge in [-0.1, -0.05) is 22.0 Å². The van der Waals surface area contributed by atoms with E-state index in [2.05, 4.69) is 20.7 Å². The van der Waals surface area contributed by atoms with Gasteiger partial charge in [-0.2, -0.15) is 4.79 Å². The lowest BCUT2D eigenvalue weighted by atomic mass is 10.0. The molecule has 2 N–H and O–H groups in total. The highest BCUT2D eigenvalue weighted by Gasteiger charge is 2.58. The molecule has 8 heteroatoms. The average Bonchev–Trinajstić information content (AvgIpc) is 2.75. The van der Waals surface area contributed by atoms with Crippen LogP contribution in [0.4, 0.5) is 4.79 Å². The van der Waals surface area contributed by atoms with Crippen LogP contribution in [0.2, 0.25) is 0 Å². The highest BCUT2D eigenvalue weighted by Crippen LogP contribution is 2.37. The minimum Gasteiger partial charge on any atom is -0.435 e. The molecule has 1 aromatic carbocycles. The van der Waals surface area contributed by atoms with E-state index >= 15 is 0 Å². The molecule has 0 aromatic heterocycles. The quantitative estimate of drug-likeness (QED) is 0.736. The Morgan fingerprint density at radius 2 is 2.00 bits per heavy atom. The number of amides is 1. The van der Waals surface area contributed by atoms with Gasteiger partial charge in [0.1, 0.15) is 12.1 Å². The molecule has 1 amide bonds. The highest BCUT2D eigenvalue weighted by molar-refractivity contribution is 9.10. The molecular formula is C16H24BrN2O4S+. The van der Waals surface area contributed by atoms with Crippen molar-refractivity contribution in [3.8, 4) is 0 Å². The average molecular weight is 420 g/mol. The molecule has 0 spiro atoms. The Morgan fingerprint density at radius 1 is 1.38 bits per heavy atom. The van der Waals surface area contributed by atoms with Gasteiger partial charge in [-0.25, -0.2) is 17.6 Å². The second kappa shape index (κ2) is 6.40. The second-order valence-corrected chi connectivity index (χ2v) is 9.99. The van der Waals surface area contributed by atoms with Crippen LogP contribution in [-0.4, -0.2) is 48.3 Å². The fourth-order valence-corrected chi connectivity index (χ4v) is 5.53. The van der Waals surface area contributed by atoms with Gasteiger partial charge >= 0.3 is 6.09 Å². The van der Waals surface area contributed by atoms with E-state index in [-0.39, 0.29) is 22.0 Å². The van der Waals surface area contributed by atoms with Gasteiger partial charge in [0.25, 0.3) is 0 Å². The minimum atomic E-state index is -3.69. The Kier molecular flexibility index (Phi) is 5.17. The summed E-state index contributed by atoms with van der Waals surface area (Å²) in [5, 5.41) is 9.83. The molecule has 1 unspecified atom stereocenters. The number of quaternary nitrogens is 1. The zero-order valence-electron chi connectivity index (χ0n) is 14.3. The summed E-state index contributed by atoms with van der Waals surface area (Å²) in [5.74, 6) is 0. The van der Waals surface area contributed by atoms with E-state index in [4.69, 9.17) is 0 Å². The normalized spacial score (nSPS) is 28.0. The fraction of sp³-hybridized carbons (Fsp3) is 0.562. The lowest BCUT2D eigenvalue weighted by Crippen LogP contribution is -2.65. The highest BCUT2D eigenvalue weighted by atomic mass is 79.9. The third-order valence-electron chi connectivity index (χ3n) is 4.85. The van der Waals surface area contributed by atoms with Crippen LogP contribution in [0.25, 0.3) is 0 Å². The molecule has 0 bridgehead atoms. The third-order valence-corrected chi connectivity index (χ3v) is 6.86. The van der Waals surface area contributed by atoms with Crippen molar-refractivity contribution in [3.63, 3.8) is 0 Å². The van der Waals surface area contributed by atoms with E-state index in [1.54, 1.807) is 12.1 Å². The largest absolute Gasteiger partial charge is 0.514 e. The van der Waals surface area contributed by atoms with Crippen molar-refractivity contribution in [1.29, 1.82) is 0 Å². The van der Waals surface area contributed by atoms with Gasteiger partial charge in [0.05, 0.1) is 17.0 Å². The fourth-order valence-electron chi connectivity index (χ4n) is 3.69. The van der Waals surface area contributed by atoms with Crippen LogP contribution in [-0.2, 0) is 10.0 Å². The second-order valence-electron chi connectivity index (χ2n) is 7.37. The van der Waals surface area contributed by atoms with Gasteiger partial charge in [-0.05, 0) is 45.9 Å². The van der Waals surface area contributed by atoms with E-state index in [9.17, 15) is 18.3 Å². The Morgan fingerprint density at radius 3 is 2.46 bits per heavy atom. The Labute approximate surface area is 151 Å². The van der Waals surface area contributed by atoms with Crippen molar-refractivity contribution in [3.05, 3.63) is 28.7 Å². The number of likely N-dealkylation sites (tertiary alicyclic amines) is 1. The van der Waals surface area contributed by atoms with E-state index in [0.717, 1.165) is 0 Å². The van der Waals surface area contributed by atoms with E-state index in [0.29, 0.717) is 10.9 Å². The number of carbonyl (C=O) groups is 1. The van der Waals surface area contributed by atoms with Crippen molar-refractivity contribution < 1.29 is 22.8 Å². The summed E-state index contributed by atoms with van der Waals surface area (Å²) in [5.41, 5.74) is -0.527. The van der Waals surface area contributed by atoms with Crippen LogP contribution in [0.3, 0.4) is 0 Å². The molecule has 1 aromatic rings. The molecule has 134 valence electrons. The smallest absolute Gasteiger partial charge is 0.435 e. The van der Waals surface area contributed by atoms with Crippen LogP contribution in [0.15, 0.2) is 33.6 Å². The molecule has 1 heterocycles. The van der Waals surface area contributed by atoms with Crippen LogP contribution < -0.4 is 4.72 Å². The number of benzene rings is 1. The molecule has 24 heavy (non-hydrogen) atoms. The van der Waals surface area contributed by atoms with Crippen LogP contribution in [0, 0.1) is 0 Å². The number of nitrogens with zero attached hydrogens (tertiary/aromatic N) is 1. The molecule has 0 saturated carbocycles. The van der Waals surface area contributed by atoms with Crippen molar-refractivity contribution >= 4 is 32.0 Å². The third kappa shape index (κ3) is 3.37. The molecule has 1 fully saturated rings. The number of nitrogens with one attached hydrogen (secondary N) is 1. The van der Waals surface area contributed by atoms with Crippen LogP contribution >= 0.6 is 15.9 Å². The molecule has 1 saturated heterocycles. The zero-order valence-corrected chi connectivity index (χ0v) is 16.7. The van der Waals surface area contributed by atoms with Gasteiger partial charge < -0.3 is 5.11 Å². The van der Waals surface area contributed by atoms with Gasteiger partial charge in [-0.3, -0.25) is 0 Å². The number of carboxylic acid groups (broad SMARTS) is 1. The summed E-state index contributed by atoms with van der Waals surface area (Å²) >= 11 is 3.27. The van der Waals surface area contributed by atoms with Gasteiger partial charge in [0, 0.05) is 10.9 Å². The topological polar surface area (TPSA) is 83.5 Å². The number of hydrogen-bond acceptors (Lipinski definition) is 3. The number of hydrogen-bond donors (Lipinski definition) is 2. The molecule has 3 atom stereocenters. The van der Waals surface area contributed by atoms with E-state index in [1.807, 2.05) is 27.7 Å². The first-order valence-electron chi connectivity index (χ1n) is 7.79. The summed E-state index contributed by atoms with van der Waals surface area (Å²) in [6, 6.07) is 5.86. The molecule has 2 rings (SSSR count). The molecular weight excluding hydrogens is 396 g/mol. The van der Waals surface area contributed by atoms with Crippen molar-refractivity contribution in [2.75, 3.05) is 6.54 Å². The number of rotatable bonds is 3. The zero-order chi connectivity index (χ0) is 18.3. The van der Waals surface area contributed by atoms with Crippen molar-refractivity contribution in [2.24, 2.45) is 0 Å². The first-order valence-corrected chi connectivity index (χ1v) is 10.1. The first-order chi connectivity index (χ1) is 10.9. The SMILES string of the molecule is C[C@H]1C[C@@H](NS(=O)(=O)c2cccc(Br)c2)C[N+]1(C(=O)O)C(C)(C)C. The lowest BCUT2D eigenvalue weighted by Gasteiger charge is -2.43. The molecule has 6 nitrogen and oxygen atoms in total.